The fourth-order valence-corrected chi connectivity index (χ4v) is 1.29. The standard InChI is InChI=1S/3C9H18O2/c3*1-8(2,3)7(10)11-9(4,5)6/h3*1-6H3. The second-order valence-corrected chi connectivity index (χ2v) is 14.3. The lowest BCUT2D eigenvalue weighted by Crippen LogP contribution is -2.31. The zero-order valence-corrected chi connectivity index (χ0v) is 24.9. The van der Waals surface area contributed by atoms with Crippen LogP contribution in [0.25, 0.3) is 0 Å². The van der Waals surface area contributed by atoms with Gasteiger partial charge in [-0.15, -0.1) is 0 Å². The minimum absolute atomic E-state index is 0.148. The van der Waals surface area contributed by atoms with Gasteiger partial charge in [0.1, 0.15) is 16.8 Å². The minimum atomic E-state index is -0.396. The summed E-state index contributed by atoms with van der Waals surface area (Å²) in [4.78, 5) is 33.8. The van der Waals surface area contributed by atoms with Crippen LogP contribution in [0.1, 0.15) is 125 Å². The third-order valence-electron chi connectivity index (χ3n) is 3.03. The summed E-state index contributed by atoms with van der Waals surface area (Å²) < 4.78 is 15.5. The molecule has 0 aliphatic heterocycles. The highest BCUT2D eigenvalue weighted by Gasteiger charge is 2.29. The third-order valence-corrected chi connectivity index (χ3v) is 3.03. The summed E-state index contributed by atoms with van der Waals surface area (Å²) in [5.41, 5.74) is -2.30. The van der Waals surface area contributed by atoms with Gasteiger partial charge in [-0.25, -0.2) is 0 Å². The fourth-order valence-electron chi connectivity index (χ4n) is 1.29. The first kappa shape index (κ1) is 36.0. The summed E-state index contributed by atoms with van der Waals surface area (Å²) in [6.07, 6.45) is 0. The summed E-state index contributed by atoms with van der Waals surface area (Å²) in [6, 6.07) is 0. The van der Waals surface area contributed by atoms with Gasteiger partial charge < -0.3 is 14.2 Å². The van der Waals surface area contributed by atoms with Crippen LogP contribution in [0.15, 0.2) is 0 Å². The monoisotopic (exact) mass is 474 g/mol. The predicted octanol–water partition coefficient (Wildman–Crippen LogP) is 7.12. The molecule has 0 aliphatic carbocycles. The van der Waals surface area contributed by atoms with Crippen LogP contribution in [0.5, 0.6) is 0 Å². The second-order valence-electron chi connectivity index (χ2n) is 14.3. The van der Waals surface area contributed by atoms with Crippen LogP contribution < -0.4 is 0 Å². The molecule has 0 saturated heterocycles. The van der Waals surface area contributed by atoms with Crippen molar-refractivity contribution in [2.75, 3.05) is 0 Å². The van der Waals surface area contributed by atoms with Crippen molar-refractivity contribution >= 4 is 17.9 Å². The molecule has 0 rings (SSSR count). The van der Waals surface area contributed by atoms with Crippen LogP contribution in [0, 0.1) is 16.2 Å². The molecular weight excluding hydrogens is 420 g/mol. The maximum absolute atomic E-state index is 11.3. The summed E-state index contributed by atoms with van der Waals surface area (Å²) in [5, 5.41) is 0. The molecule has 33 heavy (non-hydrogen) atoms. The van der Waals surface area contributed by atoms with E-state index in [1.807, 2.05) is 125 Å². The van der Waals surface area contributed by atoms with Crippen molar-refractivity contribution in [3.05, 3.63) is 0 Å². The highest BCUT2D eigenvalue weighted by atomic mass is 16.6. The van der Waals surface area contributed by atoms with E-state index in [1.54, 1.807) is 0 Å². The maximum atomic E-state index is 11.3. The van der Waals surface area contributed by atoms with Gasteiger partial charge >= 0.3 is 17.9 Å². The molecule has 0 spiro atoms. The van der Waals surface area contributed by atoms with Gasteiger partial charge in [0.05, 0.1) is 16.2 Å². The van der Waals surface area contributed by atoms with Crippen molar-refractivity contribution in [3.63, 3.8) is 0 Å². The summed E-state index contributed by atoms with van der Waals surface area (Å²) in [7, 11) is 0. The van der Waals surface area contributed by atoms with Gasteiger partial charge in [-0.2, -0.15) is 0 Å². The first-order valence-corrected chi connectivity index (χ1v) is 11.6. The molecule has 0 atom stereocenters. The number of hydrogen-bond donors (Lipinski definition) is 0. The summed E-state index contributed by atoms with van der Waals surface area (Å²) >= 11 is 0. The van der Waals surface area contributed by atoms with Crippen LogP contribution in [-0.2, 0) is 28.6 Å². The van der Waals surface area contributed by atoms with E-state index in [1.165, 1.54) is 0 Å². The van der Waals surface area contributed by atoms with Gasteiger partial charge in [0.25, 0.3) is 0 Å². The molecule has 6 nitrogen and oxygen atoms in total. The van der Waals surface area contributed by atoms with Crippen LogP contribution in [0.4, 0.5) is 0 Å². The molecule has 0 bridgehead atoms. The number of rotatable bonds is 0. The first-order chi connectivity index (χ1) is 13.9. The van der Waals surface area contributed by atoms with Crippen LogP contribution in [-0.4, -0.2) is 34.7 Å². The zero-order chi connectivity index (χ0) is 27.9. The van der Waals surface area contributed by atoms with Crippen molar-refractivity contribution < 1.29 is 28.6 Å². The number of carbonyl (C=O) groups excluding carboxylic acids is 3. The number of hydrogen-bond acceptors (Lipinski definition) is 6. The molecule has 0 aromatic carbocycles. The molecule has 198 valence electrons. The Morgan fingerprint density at radius 1 is 0.333 bits per heavy atom. The topological polar surface area (TPSA) is 78.9 Å². The predicted molar refractivity (Wildman–Crippen MR) is 136 cm³/mol. The molecule has 6 heteroatoms. The lowest BCUT2D eigenvalue weighted by atomic mass is 9.97. The van der Waals surface area contributed by atoms with Crippen molar-refractivity contribution in [1.29, 1.82) is 0 Å². The molecule has 0 aromatic heterocycles. The van der Waals surface area contributed by atoms with Crippen LogP contribution >= 0.6 is 0 Å². The molecule has 0 aliphatic rings. The molecule has 0 saturated carbocycles. The SMILES string of the molecule is CC(C)(C)OC(=O)C(C)(C)C.CC(C)(C)OC(=O)C(C)(C)C.CC(C)(C)OC(=O)C(C)(C)C. The fraction of sp³-hybridized carbons (Fsp3) is 0.889. The van der Waals surface area contributed by atoms with Gasteiger partial charge in [-0.3, -0.25) is 14.4 Å². The van der Waals surface area contributed by atoms with Gasteiger partial charge in [0, 0.05) is 0 Å². The molecule has 0 N–H and O–H groups in total. The normalized spacial score (nSPS) is 12.9. The Labute approximate surface area is 204 Å². The molecule has 0 radical (unpaired) electrons. The van der Waals surface area contributed by atoms with E-state index in [-0.39, 0.29) is 34.7 Å². The molecule has 0 fully saturated rings. The van der Waals surface area contributed by atoms with E-state index >= 15 is 0 Å². The lowest BCUT2D eigenvalue weighted by molar-refractivity contribution is -0.165. The Kier molecular flexibility index (Phi) is 13.3. The minimum Gasteiger partial charge on any atom is -0.460 e. The highest BCUT2D eigenvalue weighted by Crippen LogP contribution is 2.21. The highest BCUT2D eigenvalue weighted by molar-refractivity contribution is 5.76. The Bertz CT molecular complexity index is 528. The van der Waals surface area contributed by atoms with E-state index in [0.717, 1.165) is 0 Å². The van der Waals surface area contributed by atoms with Crippen LogP contribution in [0.2, 0.25) is 0 Å². The maximum Gasteiger partial charge on any atom is 0.311 e. The Morgan fingerprint density at radius 3 is 0.485 bits per heavy atom. The Morgan fingerprint density at radius 2 is 0.455 bits per heavy atom. The molecule has 0 heterocycles. The lowest BCUT2D eigenvalue weighted by Gasteiger charge is -2.25. The molecular formula is C27H54O6. The third kappa shape index (κ3) is 24.9. The molecule has 0 amide bonds. The van der Waals surface area contributed by atoms with E-state index in [9.17, 15) is 14.4 Å². The van der Waals surface area contributed by atoms with Crippen molar-refractivity contribution in [3.8, 4) is 0 Å². The molecule has 0 aromatic rings. The van der Waals surface area contributed by atoms with E-state index in [4.69, 9.17) is 14.2 Å². The summed E-state index contributed by atoms with van der Waals surface area (Å²) in [6.45, 7) is 33.5. The zero-order valence-electron chi connectivity index (χ0n) is 24.9. The van der Waals surface area contributed by atoms with E-state index in [2.05, 4.69) is 0 Å². The summed E-state index contributed by atoms with van der Waals surface area (Å²) in [5.74, 6) is -0.444. The van der Waals surface area contributed by atoms with Gasteiger partial charge in [0.2, 0.25) is 0 Å². The quantitative estimate of drug-likeness (QED) is 0.275. The number of esters is 3. The van der Waals surface area contributed by atoms with E-state index < -0.39 is 16.2 Å². The average Bonchev–Trinajstić information content (AvgIpc) is 2.39. The van der Waals surface area contributed by atoms with Gasteiger partial charge in [-0.1, -0.05) is 0 Å². The number of ether oxygens (including phenoxy) is 3. The van der Waals surface area contributed by atoms with Crippen LogP contribution in [0.3, 0.4) is 0 Å². The van der Waals surface area contributed by atoms with Crippen molar-refractivity contribution in [1.82, 2.24) is 0 Å². The first-order valence-electron chi connectivity index (χ1n) is 11.6. The van der Waals surface area contributed by atoms with Gasteiger partial charge in [-0.05, 0) is 125 Å². The largest absolute Gasteiger partial charge is 0.460 e. The van der Waals surface area contributed by atoms with E-state index in [0.29, 0.717) is 0 Å². The van der Waals surface area contributed by atoms with Crippen molar-refractivity contribution in [2.24, 2.45) is 16.2 Å². The van der Waals surface area contributed by atoms with Gasteiger partial charge in [0.15, 0.2) is 0 Å². The average molecular weight is 475 g/mol. The molecule has 0 unspecified atom stereocenters. The number of carbonyl (C=O) groups is 3. The second kappa shape index (κ2) is 12.2. The smallest absolute Gasteiger partial charge is 0.311 e. The Balaban J connectivity index is -0.000000409. The Hall–Kier alpha value is -1.59. The van der Waals surface area contributed by atoms with Crippen molar-refractivity contribution in [2.45, 2.75) is 141 Å².